The third-order valence-electron chi connectivity index (χ3n) is 7.89. The maximum Gasteiger partial charge on any atom is 0.530 e. The van der Waals surface area contributed by atoms with Crippen LogP contribution in [0.3, 0.4) is 0 Å². The highest BCUT2D eigenvalue weighted by Gasteiger charge is 2.43. The fourth-order valence-corrected chi connectivity index (χ4v) is 8.08. The number of nitrogens with zero attached hydrogens (tertiary/aromatic N) is 1. The summed E-state index contributed by atoms with van der Waals surface area (Å²) < 4.78 is 34.5. The summed E-state index contributed by atoms with van der Waals surface area (Å²) >= 11 is 1.37. The smallest absolute Gasteiger partial charge is 0.493 e. The third kappa shape index (κ3) is 9.84. The molecule has 1 aliphatic heterocycles. The average molecular weight is 742 g/mol. The minimum Gasteiger partial charge on any atom is -0.493 e. The van der Waals surface area contributed by atoms with Crippen LogP contribution in [0.25, 0.3) is 0 Å². The first-order valence-corrected chi connectivity index (χ1v) is 19.1. The van der Waals surface area contributed by atoms with E-state index in [1.54, 1.807) is 55.1 Å². The van der Waals surface area contributed by atoms with Crippen molar-refractivity contribution < 1.29 is 37.3 Å². The Hall–Kier alpha value is -5.05. The Morgan fingerprint density at radius 3 is 2.23 bits per heavy atom. The number of hydrogen-bond acceptors (Lipinski definition) is 9. The molecule has 0 unspecified atom stereocenters. The molecule has 0 bridgehead atoms. The van der Waals surface area contributed by atoms with Gasteiger partial charge < -0.3 is 20.3 Å². The first-order valence-electron chi connectivity index (χ1n) is 16.7. The summed E-state index contributed by atoms with van der Waals surface area (Å²) in [5, 5.41) is 1.75. The second-order valence-corrected chi connectivity index (χ2v) is 14.4. The number of nitrogens with one attached hydrogen (secondary N) is 1. The van der Waals surface area contributed by atoms with E-state index >= 15 is 0 Å². The number of primary amides is 1. The van der Waals surface area contributed by atoms with Gasteiger partial charge in [-0.15, -0.1) is 11.8 Å². The summed E-state index contributed by atoms with van der Waals surface area (Å²) in [6, 6.07) is 29.1. The standard InChI is InChI=1S/C39H40N3O8PS/c1-4-48-51(46,49-5-2)50-34-24-29(18-21-33(34)47-3)22-23-41-36(43)26-35-38(45)42(32-13-9-12-31(25-32)37(40)44)39(52-35)30-19-16-28(17-20-30)15-14-27-10-7-6-8-11-27/h6-13,16-21,24-25,35,39H,4-5,22-23,26H2,1-3H3,(H2,40,44)(H,41,43)/t35-,39+/m1/s1. The molecule has 4 aromatic carbocycles. The fraction of sp³-hybridized carbons (Fsp3) is 0.256. The number of benzene rings is 4. The van der Waals surface area contributed by atoms with Gasteiger partial charge in [0.25, 0.3) is 0 Å². The third-order valence-corrected chi connectivity index (χ3v) is 10.9. The van der Waals surface area contributed by atoms with Gasteiger partial charge in [-0.1, -0.05) is 54.3 Å². The molecule has 0 aromatic heterocycles. The highest BCUT2D eigenvalue weighted by atomic mass is 32.2. The normalized spacial score (nSPS) is 15.4. The number of thioether (sulfide) groups is 1. The van der Waals surface area contributed by atoms with E-state index in [9.17, 15) is 18.9 Å². The number of hydrogen-bond donors (Lipinski definition) is 2. The summed E-state index contributed by atoms with van der Waals surface area (Å²) in [6.45, 7) is 3.89. The Morgan fingerprint density at radius 2 is 1.58 bits per heavy atom. The lowest BCUT2D eigenvalue weighted by atomic mass is 10.1. The van der Waals surface area contributed by atoms with Gasteiger partial charge in [-0.25, -0.2) is 4.57 Å². The van der Waals surface area contributed by atoms with Gasteiger partial charge in [0.1, 0.15) is 5.37 Å². The largest absolute Gasteiger partial charge is 0.530 e. The molecule has 52 heavy (non-hydrogen) atoms. The number of anilines is 1. The molecule has 0 radical (unpaired) electrons. The number of rotatable bonds is 15. The van der Waals surface area contributed by atoms with Crippen molar-refractivity contribution in [2.24, 2.45) is 5.73 Å². The van der Waals surface area contributed by atoms with Crippen molar-refractivity contribution in [3.05, 3.63) is 125 Å². The van der Waals surface area contributed by atoms with Gasteiger partial charge in [0.2, 0.25) is 17.7 Å². The van der Waals surface area contributed by atoms with Crippen molar-refractivity contribution in [3.8, 4) is 23.3 Å². The summed E-state index contributed by atoms with van der Waals surface area (Å²) in [4.78, 5) is 40.8. The van der Waals surface area contributed by atoms with Crippen LogP contribution in [0, 0.1) is 11.8 Å². The second-order valence-electron chi connectivity index (χ2n) is 11.5. The van der Waals surface area contributed by atoms with Crippen molar-refractivity contribution in [3.63, 3.8) is 0 Å². The van der Waals surface area contributed by atoms with Crippen LogP contribution in [-0.4, -0.2) is 49.8 Å². The van der Waals surface area contributed by atoms with Crippen molar-refractivity contribution in [1.29, 1.82) is 0 Å². The van der Waals surface area contributed by atoms with Gasteiger partial charge in [0, 0.05) is 35.3 Å². The maximum absolute atomic E-state index is 14.0. The molecule has 1 aliphatic rings. The van der Waals surface area contributed by atoms with E-state index in [0.29, 0.717) is 17.9 Å². The zero-order chi connectivity index (χ0) is 37.1. The summed E-state index contributed by atoms with van der Waals surface area (Å²) in [6.07, 6.45) is 0.356. The molecule has 13 heteroatoms. The molecule has 4 aromatic rings. The molecule has 0 spiro atoms. The molecule has 11 nitrogen and oxygen atoms in total. The number of phosphoric ester groups is 1. The van der Waals surface area contributed by atoms with Crippen molar-refractivity contribution in [1.82, 2.24) is 5.32 Å². The van der Waals surface area contributed by atoms with Crippen LogP contribution in [0.2, 0.25) is 0 Å². The Bertz CT molecular complexity index is 1990. The maximum atomic E-state index is 14.0. The lowest BCUT2D eigenvalue weighted by Gasteiger charge is -2.24. The van der Waals surface area contributed by atoms with Gasteiger partial charge in [-0.3, -0.25) is 28.3 Å². The average Bonchev–Trinajstić information content (AvgIpc) is 3.46. The zero-order valence-electron chi connectivity index (χ0n) is 29.1. The number of amides is 3. The molecular formula is C39H40N3O8PS. The Labute approximate surface area is 307 Å². The van der Waals surface area contributed by atoms with E-state index in [4.69, 9.17) is 24.0 Å². The lowest BCUT2D eigenvalue weighted by molar-refractivity contribution is -0.124. The van der Waals surface area contributed by atoms with Crippen molar-refractivity contribution >= 4 is 43.0 Å². The predicted molar refractivity (Wildman–Crippen MR) is 201 cm³/mol. The molecule has 0 aliphatic carbocycles. The SMILES string of the molecule is CCOP(=O)(OCC)Oc1cc(CCNC(=O)C[C@H]2S[C@@H](c3ccc(C#Cc4ccccc4)cc3)N(c3cccc(C(N)=O)c3)C2=O)ccc1OC. The number of carbonyl (C=O) groups excluding carboxylic acids is 3. The van der Waals surface area contributed by atoms with E-state index in [2.05, 4.69) is 17.2 Å². The molecule has 1 heterocycles. The summed E-state index contributed by atoms with van der Waals surface area (Å²) in [7, 11) is -2.40. The first-order chi connectivity index (χ1) is 25.1. The van der Waals surface area contributed by atoms with Crippen LogP contribution in [0.1, 0.15) is 58.3 Å². The van der Waals surface area contributed by atoms with Crippen LogP contribution in [0.4, 0.5) is 5.69 Å². The molecule has 0 saturated carbocycles. The molecule has 3 amide bonds. The summed E-state index contributed by atoms with van der Waals surface area (Å²) in [5.41, 5.74) is 9.66. The topological polar surface area (TPSA) is 146 Å². The minimum absolute atomic E-state index is 0.0600. The monoisotopic (exact) mass is 741 g/mol. The molecule has 1 saturated heterocycles. The minimum atomic E-state index is -3.86. The fourth-order valence-electron chi connectivity index (χ4n) is 5.44. The molecule has 1 fully saturated rings. The van der Waals surface area contributed by atoms with Crippen LogP contribution < -0.4 is 25.2 Å². The number of methoxy groups -OCH3 is 1. The Balaban J connectivity index is 1.28. The number of carbonyl (C=O) groups is 3. The predicted octanol–water partition coefficient (Wildman–Crippen LogP) is 6.65. The summed E-state index contributed by atoms with van der Waals surface area (Å²) in [5.74, 6) is 5.68. The van der Waals surface area contributed by atoms with E-state index < -0.39 is 24.4 Å². The van der Waals surface area contributed by atoms with E-state index in [0.717, 1.165) is 22.3 Å². The molecule has 2 atom stereocenters. The molecule has 5 rings (SSSR count). The highest BCUT2D eigenvalue weighted by molar-refractivity contribution is 8.01. The van der Waals surface area contributed by atoms with Gasteiger partial charge >= 0.3 is 7.82 Å². The van der Waals surface area contributed by atoms with Crippen LogP contribution in [0.15, 0.2) is 97.1 Å². The molecule has 3 N–H and O–H groups in total. The number of ether oxygens (including phenoxy) is 1. The van der Waals surface area contributed by atoms with Gasteiger partial charge in [0.15, 0.2) is 11.5 Å². The van der Waals surface area contributed by atoms with E-state index in [1.807, 2.05) is 60.7 Å². The van der Waals surface area contributed by atoms with E-state index in [1.165, 1.54) is 18.9 Å². The first kappa shape index (κ1) is 38.2. The van der Waals surface area contributed by atoms with Gasteiger partial charge in [-0.2, -0.15) is 0 Å². The lowest BCUT2D eigenvalue weighted by Crippen LogP contribution is -2.34. The van der Waals surface area contributed by atoms with Crippen LogP contribution in [0.5, 0.6) is 11.5 Å². The molecule has 270 valence electrons. The van der Waals surface area contributed by atoms with Crippen molar-refractivity contribution in [2.45, 2.75) is 37.3 Å². The van der Waals surface area contributed by atoms with Gasteiger partial charge in [-0.05, 0) is 86.0 Å². The molecular weight excluding hydrogens is 701 g/mol. The van der Waals surface area contributed by atoms with Gasteiger partial charge in [0.05, 0.1) is 25.6 Å². The quantitative estimate of drug-likeness (QED) is 0.101. The Morgan fingerprint density at radius 1 is 0.885 bits per heavy atom. The number of nitrogens with two attached hydrogens (primary N) is 1. The zero-order valence-corrected chi connectivity index (χ0v) is 30.8. The van der Waals surface area contributed by atoms with Crippen LogP contribution in [-0.2, 0) is 29.6 Å². The van der Waals surface area contributed by atoms with Crippen LogP contribution >= 0.6 is 19.6 Å². The number of phosphoric acid groups is 1. The highest BCUT2D eigenvalue weighted by Crippen LogP contribution is 2.51. The van der Waals surface area contributed by atoms with Crippen molar-refractivity contribution in [2.75, 3.05) is 31.8 Å². The van der Waals surface area contributed by atoms with E-state index in [-0.39, 0.29) is 49.3 Å². The Kier molecular flexibility index (Phi) is 13.2. The second kappa shape index (κ2) is 17.9.